The minimum Gasteiger partial charge on any atom is -0.361 e. The van der Waals surface area contributed by atoms with Crippen molar-refractivity contribution in [2.75, 3.05) is 5.32 Å². The second-order valence-electron chi connectivity index (χ2n) is 4.34. The molecule has 0 amide bonds. The van der Waals surface area contributed by atoms with Gasteiger partial charge in [-0.15, -0.1) is 11.3 Å². The van der Waals surface area contributed by atoms with E-state index in [0.29, 0.717) is 0 Å². The molecule has 0 saturated carbocycles. The van der Waals surface area contributed by atoms with Gasteiger partial charge in [0, 0.05) is 29.3 Å². The summed E-state index contributed by atoms with van der Waals surface area (Å²) in [5, 5.41) is 4.47. The van der Waals surface area contributed by atoms with Gasteiger partial charge in [-0.1, -0.05) is 6.92 Å². The van der Waals surface area contributed by atoms with Gasteiger partial charge in [0.15, 0.2) is 0 Å². The van der Waals surface area contributed by atoms with Crippen LogP contribution in [0.2, 0.25) is 0 Å². The van der Waals surface area contributed by atoms with E-state index in [0.717, 1.165) is 28.8 Å². The van der Waals surface area contributed by atoms with Crippen LogP contribution in [-0.4, -0.2) is 15.0 Å². The van der Waals surface area contributed by atoms with Crippen molar-refractivity contribution >= 4 is 17.2 Å². The van der Waals surface area contributed by atoms with Crippen LogP contribution in [0.4, 0.5) is 5.82 Å². The summed E-state index contributed by atoms with van der Waals surface area (Å²) in [6.45, 7) is 8.22. The maximum absolute atomic E-state index is 4.48. The Morgan fingerprint density at radius 2 is 2.11 bits per heavy atom. The van der Waals surface area contributed by atoms with Crippen LogP contribution in [0.25, 0.3) is 0 Å². The van der Waals surface area contributed by atoms with Crippen LogP contribution in [0.15, 0.2) is 12.3 Å². The second kappa shape index (κ2) is 5.44. The summed E-state index contributed by atoms with van der Waals surface area (Å²) in [7, 11) is 0. The quantitative estimate of drug-likeness (QED) is 0.918. The molecule has 0 aliphatic carbocycles. The first-order valence-electron chi connectivity index (χ1n) is 6.12. The lowest BCUT2D eigenvalue weighted by molar-refractivity contribution is 0.842. The van der Waals surface area contributed by atoms with Crippen molar-refractivity contribution in [3.63, 3.8) is 0 Å². The van der Waals surface area contributed by atoms with E-state index in [1.807, 2.05) is 19.2 Å². The molecule has 5 heteroatoms. The zero-order valence-electron chi connectivity index (χ0n) is 11.2. The Labute approximate surface area is 112 Å². The molecule has 18 heavy (non-hydrogen) atoms. The molecular weight excluding hydrogens is 244 g/mol. The SMILES string of the molecule is CCc1nc(C)cc(NC(C)c2ncc(C)s2)n1. The van der Waals surface area contributed by atoms with Gasteiger partial charge in [-0.3, -0.25) is 0 Å². The zero-order valence-corrected chi connectivity index (χ0v) is 12.0. The van der Waals surface area contributed by atoms with Gasteiger partial charge in [0.1, 0.15) is 16.6 Å². The summed E-state index contributed by atoms with van der Waals surface area (Å²) >= 11 is 1.71. The molecular formula is C13H18N4S. The van der Waals surface area contributed by atoms with Crippen LogP contribution in [0.3, 0.4) is 0 Å². The first-order chi connectivity index (χ1) is 8.58. The first-order valence-corrected chi connectivity index (χ1v) is 6.93. The van der Waals surface area contributed by atoms with E-state index in [9.17, 15) is 0 Å². The van der Waals surface area contributed by atoms with Gasteiger partial charge < -0.3 is 5.32 Å². The fourth-order valence-corrected chi connectivity index (χ4v) is 2.49. The number of nitrogens with one attached hydrogen (secondary N) is 1. The topological polar surface area (TPSA) is 50.7 Å². The van der Waals surface area contributed by atoms with Gasteiger partial charge in [0.05, 0.1) is 6.04 Å². The summed E-state index contributed by atoms with van der Waals surface area (Å²) in [5.41, 5.74) is 0.992. The minimum atomic E-state index is 0.169. The summed E-state index contributed by atoms with van der Waals surface area (Å²) in [6.07, 6.45) is 2.75. The van der Waals surface area contributed by atoms with Crippen molar-refractivity contribution in [3.8, 4) is 0 Å². The van der Waals surface area contributed by atoms with Crippen LogP contribution in [0.5, 0.6) is 0 Å². The van der Waals surface area contributed by atoms with Gasteiger partial charge in [-0.25, -0.2) is 15.0 Å². The Morgan fingerprint density at radius 3 is 2.72 bits per heavy atom. The van der Waals surface area contributed by atoms with E-state index in [4.69, 9.17) is 0 Å². The van der Waals surface area contributed by atoms with Crippen molar-refractivity contribution in [1.82, 2.24) is 15.0 Å². The number of hydrogen-bond donors (Lipinski definition) is 1. The second-order valence-corrected chi connectivity index (χ2v) is 5.61. The number of nitrogens with zero attached hydrogens (tertiary/aromatic N) is 3. The smallest absolute Gasteiger partial charge is 0.130 e. The number of aryl methyl sites for hydroxylation is 3. The molecule has 0 aliphatic rings. The van der Waals surface area contributed by atoms with Crippen molar-refractivity contribution in [1.29, 1.82) is 0 Å². The maximum atomic E-state index is 4.48. The molecule has 0 aliphatic heterocycles. The largest absolute Gasteiger partial charge is 0.361 e. The molecule has 0 spiro atoms. The Balaban J connectivity index is 2.16. The van der Waals surface area contributed by atoms with Crippen molar-refractivity contribution < 1.29 is 0 Å². The predicted molar refractivity (Wildman–Crippen MR) is 75.0 cm³/mol. The lowest BCUT2D eigenvalue weighted by Crippen LogP contribution is -2.09. The molecule has 0 aromatic carbocycles. The van der Waals surface area contributed by atoms with Crippen LogP contribution in [0, 0.1) is 13.8 Å². The normalized spacial score (nSPS) is 12.4. The highest BCUT2D eigenvalue weighted by Gasteiger charge is 2.10. The highest BCUT2D eigenvalue weighted by Crippen LogP contribution is 2.22. The van der Waals surface area contributed by atoms with E-state index in [1.54, 1.807) is 11.3 Å². The molecule has 96 valence electrons. The monoisotopic (exact) mass is 262 g/mol. The molecule has 0 bridgehead atoms. The Kier molecular flexibility index (Phi) is 3.91. The standard InChI is InChI=1S/C13H18N4S/c1-5-11-15-8(2)6-12(17-11)16-10(4)13-14-7-9(3)18-13/h6-7,10H,5H2,1-4H3,(H,15,16,17). The third kappa shape index (κ3) is 3.04. The van der Waals surface area contributed by atoms with E-state index in [2.05, 4.69) is 41.0 Å². The lowest BCUT2D eigenvalue weighted by Gasteiger charge is -2.13. The third-order valence-electron chi connectivity index (χ3n) is 2.59. The van der Waals surface area contributed by atoms with Gasteiger partial charge in [-0.2, -0.15) is 0 Å². The van der Waals surface area contributed by atoms with Crippen molar-refractivity contribution in [2.45, 2.75) is 40.2 Å². The maximum Gasteiger partial charge on any atom is 0.130 e. The third-order valence-corrected chi connectivity index (χ3v) is 3.69. The molecule has 4 nitrogen and oxygen atoms in total. The summed E-state index contributed by atoms with van der Waals surface area (Å²) < 4.78 is 0. The van der Waals surface area contributed by atoms with Gasteiger partial charge in [0.25, 0.3) is 0 Å². The number of hydrogen-bond acceptors (Lipinski definition) is 5. The summed E-state index contributed by atoms with van der Waals surface area (Å²) in [5.74, 6) is 1.75. The molecule has 2 heterocycles. The molecule has 2 rings (SSSR count). The lowest BCUT2D eigenvalue weighted by atomic mass is 10.3. The van der Waals surface area contributed by atoms with Crippen LogP contribution >= 0.6 is 11.3 Å². The van der Waals surface area contributed by atoms with Gasteiger partial charge >= 0.3 is 0 Å². The summed E-state index contributed by atoms with van der Waals surface area (Å²) in [6, 6.07) is 2.14. The van der Waals surface area contributed by atoms with Crippen molar-refractivity contribution in [2.24, 2.45) is 0 Å². The summed E-state index contributed by atoms with van der Waals surface area (Å²) in [4.78, 5) is 14.5. The van der Waals surface area contributed by atoms with E-state index >= 15 is 0 Å². The Morgan fingerprint density at radius 1 is 1.33 bits per heavy atom. The number of rotatable bonds is 4. The molecule has 0 fully saturated rings. The number of thiazole rings is 1. The number of aromatic nitrogens is 3. The zero-order chi connectivity index (χ0) is 13.1. The molecule has 0 saturated heterocycles. The van der Waals surface area contributed by atoms with Gasteiger partial charge in [-0.05, 0) is 20.8 Å². The van der Waals surface area contributed by atoms with Crippen LogP contribution in [0.1, 0.15) is 41.3 Å². The highest BCUT2D eigenvalue weighted by atomic mass is 32.1. The van der Waals surface area contributed by atoms with Crippen LogP contribution < -0.4 is 5.32 Å². The van der Waals surface area contributed by atoms with Crippen LogP contribution in [-0.2, 0) is 6.42 Å². The average molecular weight is 262 g/mol. The van der Waals surface area contributed by atoms with E-state index in [1.165, 1.54) is 4.88 Å². The fourth-order valence-electron chi connectivity index (χ4n) is 1.72. The molecule has 1 unspecified atom stereocenters. The highest BCUT2D eigenvalue weighted by molar-refractivity contribution is 7.11. The minimum absolute atomic E-state index is 0.169. The number of anilines is 1. The Bertz CT molecular complexity index is 536. The predicted octanol–water partition coefficient (Wildman–Crippen LogP) is 3.29. The first kappa shape index (κ1) is 13.0. The van der Waals surface area contributed by atoms with E-state index in [-0.39, 0.29) is 6.04 Å². The molecule has 1 N–H and O–H groups in total. The molecule has 1 atom stereocenters. The Hall–Kier alpha value is -1.49. The fraction of sp³-hybridized carbons (Fsp3) is 0.462. The molecule has 0 radical (unpaired) electrons. The van der Waals surface area contributed by atoms with Crippen molar-refractivity contribution in [3.05, 3.63) is 33.7 Å². The molecule has 2 aromatic heterocycles. The average Bonchev–Trinajstić information content (AvgIpc) is 2.75. The van der Waals surface area contributed by atoms with E-state index < -0.39 is 0 Å². The van der Waals surface area contributed by atoms with Gasteiger partial charge in [0.2, 0.25) is 0 Å². The molecule has 2 aromatic rings.